The normalized spacial score (nSPS) is 15.0. The fourth-order valence-corrected chi connectivity index (χ4v) is 3.57. The van der Waals surface area contributed by atoms with E-state index in [1.807, 2.05) is 6.07 Å². The van der Waals surface area contributed by atoms with Crippen LogP contribution >= 0.6 is 11.6 Å². The van der Waals surface area contributed by atoms with Crippen LogP contribution in [0.4, 0.5) is 11.6 Å². The van der Waals surface area contributed by atoms with E-state index in [1.165, 1.54) is 4.57 Å². The molecule has 1 aliphatic rings. The van der Waals surface area contributed by atoms with Gasteiger partial charge >= 0.3 is 11.4 Å². The number of hydrazone groups is 1. The maximum absolute atomic E-state index is 13.0. The molecular formula is C23H22ClN7O4. The van der Waals surface area contributed by atoms with Gasteiger partial charge in [-0.25, -0.2) is 14.2 Å². The number of nitriles is 1. The van der Waals surface area contributed by atoms with Gasteiger partial charge in [0.25, 0.3) is 0 Å². The van der Waals surface area contributed by atoms with Crippen molar-refractivity contribution >= 4 is 28.9 Å². The Hall–Kier alpha value is -4.14. The molecule has 0 spiro atoms. The molecule has 180 valence electrons. The first kappa shape index (κ1) is 24.0. The molecular weight excluding hydrogens is 474 g/mol. The molecule has 35 heavy (non-hydrogen) atoms. The van der Waals surface area contributed by atoms with E-state index in [9.17, 15) is 14.7 Å². The molecule has 1 atom stereocenters. The molecule has 2 aromatic carbocycles. The Morgan fingerprint density at radius 3 is 2.54 bits per heavy atom. The number of ether oxygens (including phenoxy) is 1. The fraction of sp³-hybridized carbons (Fsp3) is 0.261. The SMILES string of the molecule is N#CC1=NNC(Oc2ccc(Nc3nc(=O)n(CCO)c(=O)n3Cc3ccc(Cl)cc3)cc2)CC1. The van der Waals surface area contributed by atoms with Crippen molar-refractivity contribution in [3.8, 4) is 11.8 Å². The molecule has 0 amide bonds. The molecule has 1 unspecified atom stereocenters. The number of hydrogen-bond donors (Lipinski definition) is 3. The molecule has 0 saturated carbocycles. The number of aromatic nitrogens is 3. The molecule has 1 aromatic heterocycles. The van der Waals surface area contributed by atoms with Crippen molar-refractivity contribution in [3.63, 3.8) is 0 Å². The van der Waals surface area contributed by atoms with Crippen LogP contribution in [0.1, 0.15) is 18.4 Å². The predicted octanol–water partition coefficient (Wildman–Crippen LogP) is 1.81. The lowest BCUT2D eigenvalue weighted by Gasteiger charge is -2.22. The van der Waals surface area contributed by atoms with Crippen molar-refractivity contribution < 1.29 is 9.84 Å². The second-order valence-electron chi connectivity index (χ2n) is 7.68. The van der Waals surface area contributed by atoms with Crippen LogP contribution in [0, 0.1) is 11.3 Å². The van der Waals surface area contributed by atoms with Crippen molar-refractivity contribution in [2.45, 2.75) is 32.2 Å². The summed E-state index contributed by atoms with van der Waals surface area (Å²) in [6.07, 6.45) is 0.792. The number of anilines is 2. The number of nitrogens with zero attached hydrogens (tertiary/aromatic N) is 5. The Labute approximate surface area is 204 Å². The summed E-state index contributed by atoms with van der Waals surface area (Å²) in [5, 5.41) is 25.7. The fourth-order valence-electron chi connectivity index (χ4n) is 3.45. The van der Waals surface area contributed by atoms with Gasteiger partial charge in [-0.15, -0.1) is 0 Å². The molecule has 3 N–H and O–H groups in total. The van der Waals surface area contributed by atoms with Crippen molar-refractivity contribution in [3.05, 3.63) is 80.1 Å². The topological polar surface area (TPSA) is 147 Å². The Balaban J connectivity index is 1.56. The van der Waals surface area contributed by atoms with E-state index in [0.29, 0.717) is 35.0 Å². The zero-order valence-corrected chi connectivity index (χ0v) is 19.3. The average Bonchev–Trinajstić information content (AvgIpc) is 2.87. The Morgan fingerprint density at radius 2 is 1.91 bits per heavy atom. The first-order valence-electron chi connectivity index (χ1n) is 10.8. The summed E-state index contributed by atoms with van der Waals surface area (Å²) in [5.41, 5.74) is 3.23. The molecule has 0 radical (unpaired) electrons. The molecule has 11 nitrogen and oxygen atoms in total. The number of benzene rings is 2. The molecule has 2 heterocycles. The van der Waals surface area contributed by atoms with Crippen LogP contribution in [0.15, 0.2) is 63.2 Å². The van der Waals surface area contributed by atoms with Crippen molar-refractivity contribution in [2.75, 3.05) is 11.9 Å². The van der Waals surface area contributed by atoms with Gasteiger partial charge in [-0.2, -0.15) is 15.3 Å². The number of hydrogen-bond acceptors (Lipinski definition) is 9. The Bertz CT molecular complexity index is 1380. The third-order valence-electron chi connectivity index (χ3n) is 5.23. The van der Waals surface area contributed by atoms with E-state index >= 15 is 0 Å². The van der Waals surface area contributed by atoms with Gasteiger partial charge in [0.15, 0.2) is 6.23 Å². The molecule has 4 rings (SSSR count). The van der Waals surface area contributed by atoms with Crippen LogP contribution in [0.25, 0.3) is 0 Å². The van der Waals surface area contributed by atoms with Gasteiger partial charge in [0, 0.05) is 23.6 Å². The maximum Gasteiger partial charge on any atom is 0.355 e. The summed E-state index contributed by atoms with van der Waals surface area (Å²) >= 11 is 5.96. The van der Waals surface area contributed by atoms with E-state index < -0.39 is 11.4 Å². The quantitative estimate of drug-likeness (QED) is 0.428. The summed E-state index contributed by atoms with van der Waals surface area (Å²) in [6, 6.07) is 15.9. The van der Waals surface area contributed by atoms with E-state index in [2.05, 4.69) is 20.8 Å². The zero-order valence-electron chi connectivity index (χ0n) is 18.5. The van der Waals surface area contributed by atoms with Crippen LogP contribution < -0.4 is 26.9 Å². The van der Waals surface area contributed by atoms with Crippen LogP contribution in [0.5, 0.6) is 5.75 Å². The Morgan fingerprint density at radius 1 is 1.17 bits per heavy atom. The molecule has 12 heteroatoms. The van der Waals surface area contributed by atoms with Crippen LogP contribution in [-0.2, 0) is 13.1 Å². The van der Waals surface area contributed by atoms with Gasteiger partial charge in [0.1, 0.15) is 17.5 Å². The summed E-state index contributed by atoms with van der Waals surface area (Å²) in [7, 11) is 0. The van der Waals surface area contributed by atoms with Gasteiger partial charge in [-0.1, -0.05) is 23.7 Å². The average molecular weight is 496 g/mol. The van der Waals surface area contributed by atoms with Gasteiger partial charge < -0.3 is 15.2 Å². The molecule has 0 saturated heterocycles. The third-order valence-corrected chi connectivity index (χ3v) is 5.48. The molecule has 0 bridgehead atoms. The van der Waals surface area contributed by atoms with Gasteiger partial charge in [0.05, 0.1) is 19.7 Å². The number of rotatable bonds is 8. The highest BCUT2D eigenvalue weighted by atomic mass is 35.5. The van der Waals surface area contributed by atoms with Crippen molar-refractivity contribution in [2.24, 2.45) is 5.10 Å². The lowest BCUT2D eigenvalue weighted by atomic mass is 10.2. The van der Waals surface area contributed by atoms with Crippen LogP contribution in [0.2, 0.25) is 5.02 Å². The highest BCUT2D eigenvalue weighted by Crippen LogP contribution is 2.21. The lowest BCUT2D eigenvalue weighted by molar-refractivity contribution is 0.152. The minimum Gasteiger partial charge on any atom is -0.469 e. The van der Waals surface area contributed by atoms with Crippen molar-refractivity contribution in [1.29, 1.82) is 5.26 Å². The highest BCUT2D eigenvalue weighted by Gasteiger charge is 2.17. The van der Waals surface area contributed by atoms with E-state index in [-0.39, 0.29) is 31.9 Å². The summed E-state index contributed by atoms with van der Waals surface area (Å²) in [5.74, 6) is 0.638. The standard InChI is InChI=1S/C23H22ClN7O4/c24-16-3-1-15(2-4-16)14-31-21(27-22(33)30(11-12-32)23(31)34)26-17-5-8-19(9-6-17)35-20-10-7-18(13-25)28-29-20/h1-6,8-9,20,29,32H,7,10-12,14H2,(H,26,27,33). The number of nitrogens with one attached hydrogen (secondary N) is 2. The van der Waals surface area contributed by atoms with Crippen LogP contribution in [0.3, 0.4) is 0 Å². The minimum atomic E-state index is -0.764. The number of aliphatic hydroxyl groups is 1. The predicted molar refractivity (Wildman–Crippen MR) is 130 cm³/mol. The molecule has 0 fully saturated rings. The molecule has 3 aromatic rings. The summed E-state index contributed by atoms with van der Waals surface area (Å²) in [6.45, 7) is -0.394. The Kier molecular flexibility index (Phi) is 7.45. The summed E-state index contributed by atoms with van der Waals surface area (Å²) in [4.78, 5) is 29.5. The first-order chi connectivity index (χ1) is 17.0. The first-order valence-corrected chi connectivity index (χ1v) is 11.2. The van der Waals surface area contributed by atoms with Gasteiger partial charge in [0.2, 0.25) is 5.95 Å². The lowest BCUT2D eigenvalue weighted by Crippen LogP contribution is -2.43. The largest absolute Gasteiger partial charge is 0.469 e. The summed E-state index contributed by atoms with van der Waals surface area (Å²) < 4.78 is 8.04. The number of aliphatic hydroxyl groups excluding tert-OH is 1. The van der Waals surface area contributed by atoms with E-state index in [0.717, 1.165) is 10.1 Å². The second kappa shape index (κ2) is 10.9. The van der Waals surface area contributed by atoms with Gasteiger partial charge in [-0.3, -0.25) is 9.99 Å². The number of halogens is 1. The minimum absolute atomic E-state index is 0.0603. The van der Waals surface area contributed by atoms with Gasteiger partial charge in [-0.05, 0) is 42.0 Å². The third kappa shape index (κ3) is 5.87. The van der Waals surface area contributed by atoms with E-state index in [1.54, 1.807) is 48.5 Å². The smallest absolute Gasteiger partial charge is 0.355 e. The second-order valence-corrected chi connectivity index (χ2v) is 8.12. The molecule has 1 aliphatic heterocycles. The highest BCUT2D eigenvalue weighted by molar-refractivity contribution is 6.30. The zero-order chi connectivity index (χ0) is 24.8. The molecule has 0 aliphatic carbocycles. The van der Waals surface area contributed by atoms with E-state index in [4.69, 9.17) is 21.6 Å². The monoisotopic (exact) mass is 495 g/mol. The maximum atomic E-state index is 13.0. The van der Waals surface area contributed by atoms with Crippen molar-refractivity contribution in [1.82, 2.24) is 19.5 Å². The van der Waals surface area contributed by atoms with Crippen LogP contribution in [-0.4, -0.2) is 37.8 Å².